The number of amides is 1. The molecular weight excluding hydrogens is 349 g/mol. The van der Waals surface area contributed by atoms with Gasteiger partial charge in [0.25, 0.3) is 0 Å². The normalized spacial score (nSPS) is 15.2. The van der Waals surface area contributed by atoms with Crippen LogP contribution in [0.4, 0.5) is 10.1 Å². The van der Waals surface area contributed by atoms with Gasteiger partial charge in [-0.3, -0.25) is 4.79 Å². The van der Waals surface area contributed by atoms with E-state index < -0.39 is 0 Å². The second kappa shape index (κ2) is 8.52. The predicted molar refractivity (Wildman–Crippen MR) is 100.0 cm³/mol. The SMILES string of the molecule is Cc1noc(C)c1CCC(=O)NCc1ccc(N2CCC(O)CC2)c(F)c1. The highest BCUT2D eigenvalue weighted by Gasteiger charge is 2.19. The Morgan fingerprint density at radius 2 is 2.11 bits per heavy atom. The van der Waals surface area contributed by atoms with E-state index in [0.29, 0.717) is 44.5 Å². The van der Waals surface area contributed by atoms with Crippen LogP contribution < -0.4 is 10.2 Å². The van der Waals surface area contributed by atoms with Gasteiger partial charge in [-0.25, -0.2) is 4.39 Å². The van der Waals surface area contributed by atoms with Gasteiger partial charge in [0.15, 0.2) is 0 Å². The van der Waals surface area contributed by atoms with Crippen LogP contribution in [0, 0.1) is 19.7 Å². The Labute approximate surface area is 158 Å². The van der Waals surface area contributed by atoms with Crippen molar-refractivity contribution >= 4 is 11.6 Å². The van der Waals surface area contributed by atoms with Crippen LogP contribution in [0.3, 0.4) is 0 Å². The minimum atomic E-state index is -0.297. The van der Waals surface area contributed by atoms with E-state index in [1.807, 2.05) is 24.8 Å². The summed E-state index contributed by atoms with van der Waals surface area (Å²) in [4.78, 5) is 14.0. The minimum Gasteiger partial charge on any atom is -0.393 e. The highest BCUT2D eigenvalue weighted by molar-refractivity contribution is 5.76. The zero-order valence-electron chi connectivity index (χ0n) is 15.8. The average molecular weight is 375 g/mol. The van der Waals surface area contributed by atoms with E-state index >= 15 is 0 Å². The fraction of sp³-hybridized carbons (Fsp3) is 0.500. The molecule has 2 N–H and O–H groups in total. The van der Waals surface area contributed by atoms with Crippen molar-refractivity contribution in [3.8, 4) is 0 Å². The smallest absolute Gasteiger partial charge is 0.220 e. The molecule has 1 aliphatic heterocycles. The van der Waals surface area contributed by atoms with Crippen molar-refractivity contribution in [3.05, 3.63) is 46.6 Å². The molecule has 0 saturated carbocycles. The zero-order chi connectivity index (χ0) is 19.4. The number of hydrogen-bond acceptors (Lipinski definition) is 5. The fourth-order valence-electron chi connectivity index (χ4n) is 3.41. The number of anilines is 1. The van der Waals surface area contributed by atoms with Gasteiger partial charge in [0.2, 0.25) is 5.91 Å². The molecule has 6 nitrogen and oxygen atoms in total. The number of aromatic nitrogens is 1. The van der Waals surface area contributed by atoms with E-state index in [2.05, 4.69) is 10.5 Å². The Hall–Kier alpha value is -2.41. The van der Waals surface area contributed by atoms with Crippen LogP contribution >= 0.6 is 0 Å². The molecule has 27 heavy (non-hydrogen) atoms. The van der Waals surface area contributed by atoms with E-state index in [9.17, 15) is 14.3 Å². The monoisotopic (exact) mass is 375 g/mol. The molecule has 0 radical (unpaired) electrons. The van der Waals surface area contributed by atoms with E-state index in [-0.39, 0.29) is 24.4 Å². The predicted octanol–water partition coefficient (Wildman–Crippen LogP) is 2.64. The highest BCUT2D eigenvalue weighted by Crippen LogP contribution is 2.24. The molecule has 1 fully saturated rings. The number of aliphatic hydroxyl groups excluding tert-OH is 1. The number of carbonyl (C=O) groups excluding carboxylic acids is 1. The molecule has 1 amide bonds. The summed E-state index contributed by atoms with van der Waals surface area (Å²) in [7, 11) is 0. The van der Waals surface area contributed by atoms with Crippen LogP contribution in [0.5, 0.6) is 0 Å². The van der Waals surface area contributed by atoms with Crippen molar-refractivity contribution in [3.63, 3.8) is 0 Å². The van der Waals surface area contributed by atoms with Gasteiger partial charge in [0.05, 0.1) is 17.5 Å². The summed E-state index contributed by atoms with van der Waals surface area (Å²) in [5.41, 5.74) is 3.05. The molecule has 2 aromatic rings. The fourth-order valence-corrected chi connectivity index (χ4v) is 3.41. The van der Waals surface area contributed by atoms with E-state index in [0.717, 1.165) is 22.6 Å². The number of nitrogens with zero attached hydrogens (tertiary/aromatic N) is 2. The lowest BCUT2D eigenvalue weighted by Crippen LogP contribution is -2.36. The Kier molecular flexibility index (Phi) is 6.11. The maximum atomic E-state index is 14.4. The Balaban J connectivity index is 1.50. The molecule has 7 heteroatoms. The van der Waals surface area contributed by atoms with Gasteiger partial charge in [-0.1, -0.05) is 11.2 Å². The maximum Gasteiger partial charge on any atom is 0.220 e. The molecule has 0 aliphatic carbocycles. The third kappa shape index (κ3) is 4.86. The number of aliphatic hydroxyl groups is 1. The van der Waals surface area contributed by atoms with Crippen molar-refractivity contribution in [1.82, 2.24) is 10.5 Å². The lowest BCUT2D eigenvalue weighted by atomic mass is 10.1. The number of halogens is 1. The average Bonchev–Trinajstić information content (AvgIpc) is 2.97. The second-order valence-electron chi connectivity index (χ2n) is 7.08. The van der Waals surface area contributed by atoms with Crippen molar-refractivity contribution in [2.75, 3.05) is 18.0 Å². The first-order chi connectivity index (χ1) is 12.9. The number of benzene rings is 1. The molecule has 0 spiro atoms. The van der Waals surface area contributed by atoms with Crippen LogP contribution in [-0.4, -0.2) is 35.4 Å². The van der Waals surface area contributed by atoms with Gasteiger partial charge in [-0.05, 0) is 50.8 Å². The highest BCUT2D eigenvalue weighted by atomic mass is 19.1. The van der Waals surface area contributed by atoms with Gasteiger partial charge in [0, 0.05) is 31.6 Å². The third-order valence-electron chi connectivity index (χ3n) is 5.09. The number of carbonyl (C=O) groups is 1. The molecule has 1 aromatic heterocycles. The summed E-state index contributed by atoms with van der Waals surface area (Å²) in [6.45, 7) is 5.28. The zero-order valence-corrected chi connectivity index (χ0v) is 15.8. The van der Waals surface area contributed by atoms with Crippen molar-refractivity contribution in [2.45, 2.75) is 52.2 Å². The molecular formula is C20H26FN3O3. The first-order valence-corrected chi connectivity index (χ1v) is 9.34. The number of aryl methyl sites for hydroxylation is 2. The number of piperidine rings is 1. The van der Waals surface area contributed by atoms with Gasteiger partial charge < -0.3 is 19.8 Å². The molecule has 146 valence electrons. The lowest BCUT2D eigenvalue weighted by molar-refractivity contribution is -0.121. The van der Waals surface area contributed by atoms with Crippen LogP contribution in [0.25, 0.3) is 0 Å². The molecule has 1 saturated heterocycles. The van der Waals surface area contributed by atoms with E-state index in [4.69, 9.17) is 4.52 Å². The summed E-state index contributed by atoms with van der Waals surface area (Å²) >= 11 is 0. The Morgan fingerprint density at radius 1 is 1.37 bits per heavy atom. The molecule has 0 bridgehead atoms. The molecule has 1 aliphatic rings. The van der Waals surface area contributed by atoms with Gasteiger partial charge in [-0.15, -0.1) is 0 Å². The minimum absolute atomic E-state index is 0.0931. The second-order valence-corrected chi connectivity index (χ2v) is 7.08. The number of rotatable bonds is 6. The van der Waals surface area contributed by atoms with Crippen LogP contribution in [0.2, 0.25) is 0 Å². The third-order valence-corrected chi connectivity index (χ3v) is 5.09. The first-order valence-electron chi connectivity index (χ1n) is 9.34. The van der Waals surface area contributed by atoms with Crippen LogP contribution in [0.1, 0.15) is 41.8 Å². The lowest BCUT2D eigenvalue weighted by Gasteiger charge is -2.31. The summed E-state index contributed by atoms with van der Waals surface area (Å²) < 4.78 is 19.5. The molecule has 0 atom stereocenters. The van der Waals surface area contributed by atoms with Crippen molar-refractivity contribution in [1.29, 1.82) is 0 Å². The summed E-state index contributed by atoms with van der Waals surface area (Å²) in [5, 5.41) is 16.3. The van der Waals surface area contributed by atoms with Gasteiger partial charge >= 0.3 is 0 Å². The Morgan fingerprint density at radius 3 is 2.74 bits per heavy atom. The number of hydrogen-bond donors (Lipinski definition) is 2. The van der Waals surface area contributed by atoms with Crippen LogP contribution in [0.15, 0.2) is 22.7 Å². The largest absolute Gasteiger partial charge is 0.393 e. The van der Waals surface area contributed by atoms with Crippen molar-refractivity contribution in [2.24, 2.45) is 0 Å². The molecule has 2 heterocycles. The molecule has 1 aromatic carbocycles. The number of nitrogens with one attached hydrogen (secondary N) is 1. The first kappa shape index (κ1) is 19.4. The quantitative estimate of drug-likeness (QED) is 0.812. The summed E-state index contributed by atoms with van der Waals surface area (Å²) in [5.74, 6) is 0.349. The summed E-state index contributed by atoms with van der Waals surface area (Å²) in [6, 6.07) is 5.05. The summed E-state index contributed by atoms with van der Waals surface area (Å²) in [6.07, 6.45) is 1.93. The standard InChI is InChI=1S/C20H26FN3O3/c1-13-17(14(2)27-23-13)4-6-20(26)22-12-15-3-5-19(18(21)11-15)24-9-7-16(25)8-10-24/h3,5,11,16,25H,4,6-10,12H2,1-2H3,(H,22,26). The maximum absolute atomic E-state index is 14.4. The van der Waals surface area contributed by atoms with Gasteiger partial charge in [0.1, 0.15) is 11.6 Å². The molecule has 3 rings (SSSR count). The van der Waals surface area contributed by atoms with Gasteiger partial charge in [-0.2, -0.15) is 0 Å². The van der Waals surface area contributed by atoms with Crippen molar-refractivity contribution < 1.29 is 18.8 Å². The topological polar surface area (TPSA) is 78.6 Å². The van der Waals surface area contributed by atoms with E-state index in [1.165, 1.54) is 6.07 Å². The molecule has 0 unspecified atom stereocenters. The van der Waals surface area contributed by atoms with Crippen LogP contribution in [-0.2, 0) is 17.8 Å². The Bertz CT molecular complexity index is 778. The van der Waals surface area contributed by atoms with E-state index in [1.54, 1.807) is 6.07 Å².